The summed E-state index contributed by atoms with van der Waals surface area (Å²) in [6.07, 6.45) is -0.969. The summed E-state index contributed by atoms with van der Waals surface area (Å²) in [6, 6.07) is 22.0. The number of esters is 1. The van der Waals surface area contributed by atoms with Crippen molar-refractivity contribution in [3.8, 4) is 0 Å². The normalized spacial score (nSPS) is 11.7. The first-order chi connectivity index (χ1) is 16.8. The molecule has 2 N–H and O–H groups in total. The standard InChI is InChI=1S/C28H26N2O4S/c1-17-12-14-20(15-13-17)30-25(31)16-35-24-11-7-5-9-22(24)28(33)34-19(3)27(32)26-18(2)29-23-10-6-4-8-21(23)26/h4-15,19,29H,16H2,1-3H3,(H,30,31)/t19-/m0/s1. The largest absolute Gasteiger partial charge is 0.451 e. The lowest BCUT2D eigenvalue weighted by Gasteiger charge is -2.14. The van der Waals surface area contributed by atoms with E-state index in [1.165, 1.54) is 11.8 Å². The molecule has 0 aliphatic carbocycles. The zero-order chi connectivity index (χ0) is 24.9. The van der Waals surface area contributed by atoms with Crippen LogP contribution in [0.2, 0.25) is 0 Å². The minimum absolute atomic E-state index is 0.126. The fraction of sp³-hybridized carbons (Fsp3) is 0.179. The SMILES string of the molecule is Cc1ccc(NC(=O)CSc2ccccc2C(=O)O[C@@H](C)C(=O)c2c(C)[nH]c3ccccc23)cc1. The molecule has 4 aromatic rings. The van der Waals surface area contributed by atoms with E-state index in [2.05, 4.69) is 10.3 Å². The Morgan fingerprint density at radius 1 is 0.943 bits per heavy atom. The third-order valence-corrected chi connectivity index (χ3v) is 6.67. The van der Waals surface area contributed by atoms with E-state index >= 15 is 0 Å². The molecule has 1 amide bonds. The summed E-state index contributed by atoms with van der Waals surface area (Å²) in [5.41, 5.74) is 4.26. The molecule has 1 heterocycles. The Morgan fingerprint density at radius 3 is 2.40 bits per heavy atom. The number of amides is 1. The van der Waals surface area contributed by atoms with Crippen molar-refractivity contribution in [3.63, 3.8) is 0 Å². The van der Waals surface area contributed by atoms with Crippen LogP contribution in [0.15, 0.2) is 77.7 Å². The molecular formula is C28H26N2O4S. The van der Waals surface area contributed by atoms with E-state index in [0.717, 1.165) is 22.2 Å². The molecule has 4 rings (SSSR count). The van der Waals surface area contributed by atoms with Crippen LogP contribution in [0.1, 0.15) is 38.9 Å². The Labute approximate surface area is 208 Å². The maximum Gasteiger partial charge on any atom is 0.339 e. The number of hydrogen-bond acceptors (Lipinski definition) is 5. The van der Waals surface area contributed by atoms with Crippen molar-refractivity contribution < 1.29 is 19.1 Å². The number of nitrogens with one attached hydrogen (secondary N) is 2. The van der Waals surface area contributed by atoms with E-state index in [9.17, 15) is 14.4 Å². The number of carbonyl (C=O) groups is 3. The predicted molar refractivity (Wildman–Crippen MR) is 139 cm³/mol. The fourth-order valence-electron chi connectivity index (χ4n) is 3.81. The highest BCUT2D eigenvalue weighted by Gasteiger charge is 2.25. The van der Waals surface area contributed by atoms with Gasteiger partial charge in [-0.15, -0.1) is 11.8 Å². The molecule has 0 aliphatic heterocycles. The summed E-state index contributed by atoms with van der Waals surface area (Å²) in [6.45, 7) is 5.38. The minimum Gasteiger partial charge on any atom is -0.451 e. The molecule has 0 unspecified atom stereocenters. The lowest BCUT2D eigenvalue weighted by Crippen LogP contribution is -2.25. The number of ether oxygens (including phenoxy) is 1. The first kappa shape index (κ1) is 24.3. The van der Waals surface area contributed by atoms with Gasteiger partial charge in [-0.1, -0.05) is 48.0 Å². The number of Topliss-reactive ketones (excluding diaryl/α,β-unsaturated/α-hetero) is 1. The van der Waals surface area contributed by atoms with Gasteiger partial charge < -0.3 is 15.0 Å². The van der Waals surface area contributed by atoms with E-state index in [4.69, 9.17) is 4.74 Å². The van der Waals surface area contributed by atoms with Crippen molar-refractivity contribution in [1.82, 2.24) is 4.98 Å². The van der Waals surface area contributed by atoms with E-state index in [1.54, 1.807) is 31.2 Å². The number of anilines is 1. The molecule has 178 valence electrons. The Kier molecular flexibility index (Phi) is 7.36. The molecule has 3 aromatic carbocycles. The van der Waals surface area contributed by atoms with Crippen molar-refractivity contribution in [3.05, 3.63) is 95.2 Å². The molecule has 0 bridgehead atoms. The molecule has 0 saturated heterocycles. The maximum absolute atomic E-state index is 13.1. The Morgan fingerprint density at radius 2 is 1.63 bits per heavy atom. The van der Waals surface area contributed by atoms with Crippen molar-refractivity contribution in [2.75, 3.05) is 11.1 Å². The number of ketones is 1. The van der Waals surface area contributed by atoms with Gasteiger partial charge in [0.15, 0.2) is 6.10 Å². The minimum atomic E-state index is -0.969. The first-order valence-corrected chi connectivity index (χ1v) is 12.2. The lowest BCUT2D eigenvalue weighted by molar-refractivity contribution is -0.113. The van der Waals surface area contributed by atoms with E-state index < -0.39 is 12.1 Å². The molecule has 0 aliphatic rings. The van der Waals surface area contributed by atoms with Gasteiger partial charge in [-0.05, 0) is 51.1 Å². The van der Waals surface area contributed by atoms with E-state index in [0.29, 0.717) is 21.7 Å². The van der Waals surface area contributed by atoms with Crippen LogP contribution in [-0.2, 0) is 9.53 Å². The van der Waals surface area contributed by atoms with Gasteiger partial charge in [0.05, 0.1) is 11.3 Å². The predicted octanol–water partition coefficient (Wildman–Crippen LogP) is 5.94. The summed E-state index contributed by atoms with van der Waals surface area (Å²) in [4.78, 5) is 42.3. The van der Waals surface area contributed by atoms with Gasteiger partial charge >= 0.3 is 5.97 Å². The monoisotopic (exact) mass is 486 g/mol. The van der Waals surface area contributed by atoms with E-state index in [-0.39, 0.29) is 17.4 Å². The van der Waals surface area contributed by atoms with Gasteiger partial charge in [-0.25, -0.2) is 4.79 Å². The number of fused-ring (bicyclic) bond motifs is 1. The Bertz CT molecular complexity index is 1390. The highest BCUT2D eigenvalue weighted by Crippen LogP contribution is 2.26. The summed E-state index contributed by atoms with van der Waals surface area (Å²) in [5, 5.41) is 3.65. The van der Waals surface area contributed by atoms with Crippen molar-refractivity contribution >= 4 is 46.0 Å². The molecular weight excluding hydrogens is 460 g/mol. The molecule has 0 fully saturated rings. The second kappa shape index (κ2) is 10.6. The smallest absolute Gasteiger partial charge is 0.339 e. The number of aromatic nitrogens is 1. The fourth-order valence-corrected chi connectivity index (χ4v) is 4.65. The van der Waals surface area contributed by atoms with Crippen LogP contribution in [0.25, 0.3) is 10.9 Å². The third kappa shape index (κ3) is 5.63. The van der Waals surface area contributed by atoms with Crippen molar-refractivity contribution in [2.24, 2.45) is 0 Å². The number of rotatable bonds is 8. The third-order valence-electron chi connectivity index (χ3n) is 5.59. The van der Waals surface area contributed by atoms with Gasteiger partial charge in [-0.3, -0.25) is 9.59 Å². The van der Waals surface area contributed by atoms with Crippen LogP contribution in [0.3, 0.4) is 0 Å². The highest BCUT2D eigenvalue weighted by atomic mass is 32.2. The summed E-state index contributed by atoms with van der Waals surface area (Å²) in [7, 11) is 0. The quantitative estimate of drug-likeness (QED) is 0.183. The summed E-state index contributed by atoms with van der Waals surface area (Å²) in [5.74, 6) is -0.928. The van der Waals surface area contributed by atoms with E-state index in [1.807, 2.05) is 62.4 Å². The highest BCUT2D eigenvalue weighted by molar-refractivity contribution is 8.00. The molecule has 35 heavy (non-hydrogen) atoms. The van der Waals surface area contributed by atoms with Crippen LogP contribution in [0.5, 0.6) is 0 Å². The number of thioether (sulfide) groups is 1. The van der Waals surface area contributed by atoms with Gasteiger partial charge in [0.25, 0.3) is 0 Å². The van der Waals surface area contributed by atoms with Gasteiger partial charge in [-0.2, -0.15) is 0 Å². The number of hydrogen-bond donors (Lipinski definition) is 2. The van der Waals surface area contributed by atoms with Crippen LogP contribution in [0, 0.1) is 13.8 Å². The Balaban J connectivity index is 1.42. The van der Waals surface area contributed by atoms with Crippen molar-refractivity contribution in [1.29, 1.82) is 0 Å². The summed E-state index contributed by atoms with van der Waals surface area (Å²) < 4.78 is 5.56. The number of benzene rings is 3. The molecule has 7 heteroatoms. The van der Waals surface area contributed by atoms with Gasteiger partial charge in [0.2, 0.25) is 11.7 Å². The lowest BCUT2D eigenvalue weighted by atomic mass is 10.0. The van der Waals surface area contributed by atoms with Gasteiger partial charge in [0, 0.05) is 32.7 Å². The molecule has 1 aromatic heterocycles. The number of carbonyl (C=O) groups excluding carboxylic acids is 3. The average molecular weight is 487 g/mol. The van der Waals surface area contributed by atoms with Crippen LogP contribution in [0.4, 0.5) is 5.69 Å². The Hall–Kier alpha value is -3.84. The zero-order valence-electron chi connectivity index (χ0n) is 19.8. The number of para-hydroxylation sites is 1. The molecule has 0 radical (unpaired) electrons. The number of aromatic amines is 1. The molecule has 6 nitrogen and oxygen atoms in total. The van der Waals surface area contributed by atoms with Crippen LogP contribution < -0.4 is 5.32 Å². The second-order valence-corrected chi connectivity index (χ2v) is 9.30. The van der Waals surface area contributed by atoms with Crippen molar-refractivity contribution in [2.45, 2.75) is 31.8 Å². The molecule has 1 atom stereocenters. The maximum atomic E-state index is 13.1. The molecule has 0 spiro atoms. The molecule has 0 saturated carbocycles. The number of H-pyrrole nitrogens is 1. The van der Waals surface area contributed by atoms with Crippen LogP contribution in [-0.4, -0.2) is 34.5 Å². The second-order valence-electron chi connectivity index (χ2n) is 8.28. The average Bonchev–Trinajstić information content (AvgIpc) is 3.19. The topological polar surface area (TPSA) is 88.3 Å². The summed E-state index contributed by atoms with van der Waals surface area (Å²) >= 11 is 1.24. The zero-order valence-corrected chi connectivity index (χ0v) is 20.6. The first-order valence-electron chi connectivity index (χ1n) is 11.2. The van der Waals surface area contributed by atoms with Crippen LogP contribution >= 0.6 is 11.8 Å². The van der Waals surface area contributed by atoms with Gasteiger partial charge in [0.1, 0.15) is 0 Å². The number of aryl methyl sites for hydroxylation is 2.